The number of halogens is 1. The fourth-order valence-electron chi connectivity index (χ4n) is 2.46. The maximum atomic E-state index is 13.7. The number of guanidine groups is 1. The number of hydrogen-bond acceptors (Lipinski definition) is 3. The summed E-state index contributed by atoms with van der Waals surface area (Å²) in [6, 6.07) is 6.54. The van der Waals surface area contributed by atoms with Gasteiger partial charge in [-0.2, -0.15) is 0 Å². The number of carbonyl (C=O) groups excluding carboxylic acids is 1. The normalized spacial score (nSPS) is 17.9. The number of amides is 1. The van der Waals surface area contributed by atoms with Crippen LogP contribution in [0.3, 0.4) is 0 Å². The van der Waals surface area contributed by atoms with E-state index in [-0.39, 0.29) is 30.9 Å². The van der Waals surface area contributed by atoms with E-state index in [2.05, 4.69) is 15.6 Å². The van der Waals surface area contributed by atoms with Crippen molar-refractivity contribution in [2.75, 3.05) is 33.8 Å². The summed E-state index contributed by atoms with van der Waals surface area (Å²) in [6.45, 7) is 1.71. The maximum Gasteiger partial charge on any atom is 0.241 e. The number of rotatable bonds is 6. The van der Waals surface area contributed by atoms with Gasteiger partial charge < -0.3 is 20.3 Å². The highest BCUT2D eigenvalue weighted by Gasteiger charge is 2.14. The Morgan fingerprint density at radius 3 is 2.80 bits per heavy atom. The Hall–Kier alpha value is -2.15. The van der Waals surface area contributed by atoms with E-state index in [0.29, 0.717) is 18.1 Å². The average molecular weight is 350 g/mol. The molecule has 1 saturated heterocycles. The molecule has 6 nitrogen and oxygen atoms in total. The lowest BCUT2D eigenvalue weighted by Gasteiger charge is -2.24. The molecule has 25 heavy (non-hydrogen) atoms. The minimum absolute atomic E-state index is 0.0608. The molecule has 1 fully saturated rings. The van der Waals surface area contributed by atoms with E-state index < -0.39 is 0 Å². The standard InChI is InChI=1S/C18H27FN4O2/c1-23(2)17(24)13-22-18(21-12-15-8-5-6-10-25-15)20-11-14-7-3-4-9-16(14)19/h3-4,7,9,15H,5-6,8,10-13H2,1-2H3,(H2,20,21,22). The first-order valence-corrected chi connectivity index (χ1v) is 8.63. The van der Waals surface area contributed by atoms with Crippen molar-refractivity contribution in [2.24, 2.45) is 4.99 Å². The van der Waals surface area contributed by atoms with Crippen molar-refractivity contribution in [1.82, 2.24) is 15.5 Å². The number of ether oxygens (including phenoxy) is 1. The number of benzene rings is 1. The zero-order valence-corrected chi connectivity index (χ0v) is 14.9. The number of carbonyl (C=O) groups is 1. The minimum atomic E-state index is -0.286. The van der Waals surface area contributed by atoms with E-state index in [1.54, 1.807) is 32.3 Å². The van der Waals surface area contributed by atoms with E-state index >= 15 is 0 Å². The molecule has 0 radical (unpaired) electrons. The third kappa shape index (κ3) is 6.70. The van der Waals surface area contributed by atoms with Gasteiger partial charge in [-0.3, -0.25) is 4.79 Å². The van der Waals surface area contributed by atoms with E-state index in [1.807, 2.05) is 0 Å². The molecule has 0 aromatic heterocycles. The lowest BCUT2D eigenvalue weighted by atomic mass is 10.1. The second-order valence-corrected chi connectivity index (χ2v) is 6.27. The van der Waals surface area contributed by atoms with Crippen LogP contribution >= 0.6 is 0 Å². The van der Waals surface area contributed by atoms with Crippen LogP contribution in [0.25, 0.3) is 0 Å². The van der Waals surface area contributed by atoms with Crippen LogP contribution in [-0.4, -0.2) is 56.7 Å². The van der Waals surface area contributed by atoms with Crippen LogP contribution in [0.1, 0.15) is 24.8 Å². The van der Waals surface area contributed by atoms with Crippen LogP contribution in [0.2, 0.25) is 0 Å². The van der Waals surface area contributed by atoms with Crippen LogP contribution < -0.4 is 10.6 Å². The highest BCUT2D eigenvalue weighted by molar-refractivity contribution is 5.86. The molecule has 0 aliphatic carbocycles. The molecule has 1 heterocycles. The van der Waals surface area contributed by atoms with Crippen LogP contribution in [-0.2, 0) is 16.1 Å². The largest absolute Gasteiger partial charge is 0.376 e. The average Bonchev–Trinajstić information content (AvgIpc) is 2.62. The van der Waals surface area contributed by atoms with Gasteiger partial charge in [0.05, 0.1) is 19.2 Å². The highest BCUT2D eigenvalue weighted by atomic mass is 19.1. The van der Waals surface area contributed by atoms with Gasteiger partial charge in [0.2, 0.25) is 5.91 Å². The predicted octanol–water partition coefficient (Wildman–Crippen LogP) is 1.52. The second-order valence-electron chi connectivity index (χ2n) is 6.27. The van der Waals surface area contributed by atoms with Crippen molar-refractivity contribution in [3.63, 3.8) is 0 Å². The summed E-state index contributed by atoms with van der Waals surface area (Å²) in [7, 11) is 3.40. The van der Waals surface area contributed by atoms with Crippen molar-refractivity contribution < 1.29 is 13.9 Å². The fourth-order valence-corrected chi connectivity index (χ4v) is 2.46. The van der Waals surface area contributed by atoms with Gasteiger partial charge in [-0.25, -0.2) is 9.38 Å². The van der Waals surface area contributed by atoms with Crippen molar-refractivity contribution >= 4 is 11.9 Å². The summed E-state index contributed by atoms with van der Waals surface area (Å²) >= 11 is 0. The third-order valence-corrected chi connectivity index (χ3v) is 4.04. The Kier molecular flexibility index (Phi) is 7.66. The van der Waals surface area contributed by atoms with Crippen molar-refractivity contribution in [3.05, 3.63) is 35.6 Å². The minimum Gasteiger partial charge on any atom is -0.376 e. The van der Waals surface area contributed by atoms with Gasteiger partial charge in [-0.1, -0.05) is 18.2 Å². The monoisotopic (exact) mass is 350 g/mol. The molecular formula is C18H27FN4O2. The van der Waals surface area contributed by atoms with Crippen LogP contribution in [0, 0.1) is 5.82 Å². The Labute approximate surface area is 148 Å². The molecule has 1 aromatic carbocycles. The molecule has 1 aliphatic heterocycles. The zero-order valence-electron chi connectivity index (χ0n) is 14.9. The molecule has 0 saturated carbocycles. The van der Waals surface area contributed by atoms with Gasteiger partial charge in [0.1, 0.15) is 5.82 Å². The van der Waals surface area contributed by atoms with E-state index in [9.17, 15) is 9.18 Å². The topological polar surface area (TPSA) is 66.0 Å². The number of aliphatic imine (C=N–C) groups is 1. The second kappa shape index (κ2) is 9.98. The van der Waals surface area contributed by atoms with Crippen LogP contribution in [0.5, 0.6) is 0 Å². The summed E-state index contributed by atoms with van der Waals surface area (Å²) in [5, 5.41) is 6.19. The van der Waals surface area contributed by atoms with Crippen molar-refractivity contribution in [1.29, 1.82) is 0 Å². The Morgan fingerprint density at radius 2 is 2.12 bits per heavy atom. The molecule has 0 spiro atoms. The van der Waals surface area contributed by atoms with Crippen LogP contribution in [0.4, 0.5) is 4.39 Å². The lowest BCUT2D eigenvalue weighted by molar-refractivity contribution is -0.127. The van der Waals surface area contributed by atoms with Gasteiger partial charge in [0.25, 0.3) is 0 Å². The zero-order chi connectivity index (χ0) is 18.1. The SMILES string of the molecule is CN(C)C(=O)CNC(=NCc1ccccc1F)NCC1CCCCO1. The molecule has 1 unspecified atom stereocenters. The first kappa shape index (κ1) is 19.2. The number of hydrogen-bond donors (Lipinski definition) is 2. The van der Waals surface area contributed by atoms with Gasteiger partial charge in [-0.15, -0.1) is 0 Å². The van der Waals surface area contributed by atoms with Crippen molar-refractivity contribution in [2.45, 2.75) is 31.9 Å². The number of nitrogens with one attached hydrogen (secondary N) is 2. The first-order chi connectivity index (χ1) is 12.1. The van der Waals surface area contributed by atoms with Crippen LogP contribution in [0.15, 0.2) is 29.3 Å². The third-order valence-electron chi connectivity index (χ3n) is 4.04. The smallest absolute Gasteiger partial charge is 0.241 e. The summed E-state index contributed by atoms with van der Waals surface area (Å²) in [4.78, 5) is 17.7. The molecule has 1 atom stereocenters. The van der Waals surface area contributed by atoms with Gasteiger partial charge in [0.15, 0.2) is 5.96 Å². The molecular weight excluding hydrogens is 323 g/mol. The number of nitrogens with zero attached hydrogens (tertiary/aromatic N) is 2. The van der Waals surface area contributed by atoms with Gasteiger partial charge >= 0.3 is 0 Å². The fraction of sp³-hybridized carbons (Fsp3) is 0.556. The van der Waals surface area contributed by atoms with E-state index in [0.717, 1.165) is 25.9 Å². The molecule has 2 N–H and O–H groups in total. The summed E-state index contributed by atoms with van der Waals surface area (Å²) in [5.41, 5.74) is 0.511. The Bertz CT molecular complexity index is 586. The lowest BCUT2D eigenvalue weighted by Crippen LogP contribution is -2.45. The maximum absolute atomic E-state index is 13.7. The summed E-state index contributed by atoms with van der Waals surface area (Å²) in [6.07, 6.45) is 3.39. The molecule has 138 valence electrons. The summed E-state index contributed by atoms with van der Waals surface area (Å²) < 4.78 is 19.4. The molecule has 7 heteroatoms. The van der Waals surface area contributed by atoms with E-state index in [1.165, 1.54) is 11.0 Å². The number of likely N-dealkylation sites (N-methyl/N-ethyl adjacent to an activating group) is 1. The van der Waals surface area contributed by atoms with Gasteiger partial charge in [0, 0.05) is 32.8 Å². The molecule has 1 aromatic rings. The molecule has 1 amide bonds. The predicted molar refractivity (Wildman–Crippen MR) is 95.8 cm³/mol. The van der Waals surface area contributed by atoms with E-state index in [4.69, 9.17) is 4.74 Å². The Balaban J connectivity index is 1.95. The quantitative estimate of drug-likeness (QED) is 0.603. The molecule has 2 rings (SSSR count). The Morgan fingerprint density at radius 1 is 1.32 bits per heavy atom. The first-order valence-electron chi connectivity index (χ1n) is 8.63. The molecule has 0 bridgehead atoms. The summed E-state index contributed by atoms with van der Waals surface area (Å²) in [5.74, 6) is 0.132. The highest BCUT2D eigenvalue weighted by Crippen LogP contribution is 2.11. The molecule has 1 aliphatic rings. The van der Waals surface area contributed by atoms with Crippen molar-refractivity contribution in [3.8, 4) is 0 Å². The van der Waals surface area contributed by atoms with Gasteiger partial charge in [-0.05, 0) is 25.3 Å².